The molecular weight excluding hydrogens is 408 g/mol. The van der Waals surface area contributed by atoms with Crippen molar-refractivity contribution in [1.29, 1.82) is 0 Å². The van der Waals surface area contributed by atoms with Gasteiger partial charge < -0.3 is 37.0 Å². The first-order chi connectivity index (χ1) is 6.93. The Bertz CT molecular complexity index is 170. The Hall–Kier alpha value is -0.129. The van der Waals surface area contributed by atoms with Crippen molar-refractivity contribution in [2.24, 2.45) is 0 Å². The number of hydrogen-bond acceptors (Lipinski definition) is 8. The smallest absolute Gasteiger partial charge is 0.560 e. The Balaban J connectivity index is -0.0000000369. The molecule has 8 nitrogen and oxygen atoms in total. The van der Waals surface area contributed by atoms with E-state index in [0.717, 1.165) is 0 Å². The monoisotopic (exact) mass is 406 g/mol. The van der Waals surface area contributed by atoms with Gasteiger partial charge in [0.15, 0.2) is 0 Å². The second-order valence-corrected chi connectivity index (χ2v) is 2.85. The van der Waals surface area contributed by atoms with Gasteiger partial charge in [0.25, 0.3) is 0 Å². The summed E-state index contributed by atoms with van der Waals surface area (Å²) in [5, 5.41) is 0. The first-order valence-electron chi connectivity index (χ1n) is 2.39. The summed E-state index contributed by atoms with van der Waals surface area (Å²) in [4.78, 5) is 33.6. The van der Waals surface area contributed by atoms with E-state index >= 15 is 0 Å². The van der Waals surface area contributed by atoms with E-state index in [9.17, 15) is 16.4 Å². The molecule has 96 valence electrons. The fraction of sp³-hybridized carbons (Fsp3) is 0. The van der Waals surface area contributed by atoms with Crippen LogP contribution in [0.1, 0.15) is 0 Å². The molecule has 17 heavy (non-hydrogen) atoms. The van der Waals surface area contributed by atoms with E-state index in [1.807, 2.05) is 0 Å². The average molecular weight is 408 g/mol. The summed E-state index contributed by atoms with van der Waals surface area (Å²) in [5.74, 6) is 0. The molecular formula is F4O8Si4Zr. The maximum absolute atomic E-state index is 9.99. The molecule has 17 heteroatoms. The Labute approximate surface area is 116 Å². The third-order valence-corrected chi connectivity index (χ3v) is 0. The van der Waals surface area contributed by atoms with Crippen LogP contribution in [0.25, 0.3) is 0 Å². The molecule has 0 saturated heterocycles. The van der Waals surface area contributed by atoms with E-state index < -0.39 is 37.0 Å². The molecule has 0 N–H and O–H groups in total. The van der Waals surface area contributed by atoms with Crippen molar-refractivity contribution in [3.8, 4) is 0 Å². The van der Waals surface area contributed by atoms with Crippen LogP contribution in [0.2, 0.25) is 0 Å². The average Bonchev–Trinajstić information content (AvgIpc) is 1.76. The van der Waals surface area contributed by atoms with Gasteiger partial charge in [0.2, 0.25) is 0 Å². The molecule has 0 fully saturated rings. The van der Waals surface area contributed by atoms with Crippen molar-refractivity contribution < 1.29 is 79.7 Å². The summed E-state index contributed by atoms with van der Waals surface area (Å²) in [7, 11) is -15.5. The van der Waals surface area contributed by atoms with Crippen LogP contribution in [-0.4, -0.2) is 37.0 Å². The maximum Gasteiger partial charge on any atom is 4.00 e. The van der Waals surface area contributed by atoms with Crippen LogP contribution in [0.15, 0.2) is 0 Å². The minimum Gasteiger partial charge on any atom is -0.560 e. The molecule has 0 radical (unpaired) electrons. The molecule has 0 atom stereocenters. The van der Waals surface area contributed by atoms with Crippen molar-refractivity contribution in [3.05, 3.63) is 0 Å². The van der Waals surface area contributed by atoms with Gasteiger partial charge in [-0.25, -0.2) is 0 Å². The first kappa shape index (κ1) is 30.2. The normalized spacial score (nSPS) is 5.88. The van der Waals surface area contributed by atoms with Crippen molar-refractivity contribution in [2.75, 3.05) is 0 Å². The van der Waals surface area contributed by atoms with Crippen LogP contribution in [0, 0.1) is 0 Å². The van der Waals surface area contributed by atoms with Crippen molar-refractivity contribution in [2.45, 2.75) is 0 Å². The summed E-state index contributed by atoms with van der Waals surface area (Å²) >= 11 is 0. The Morgan fingerprint density at radius 1 is 0.529 bits per heavy atom. The summed E-state index contributed by atoms with van der Waals surface area (Å²) in [6.45, 7) is 0. The van der Waals surface area contributed by atoms with E-state index in [2.05, 4.69) is 0 Å². The number of halogens is 4. The Kier molecular flexibility index (Phi) is 44.2. The van der Waals surface area contributed by atoms with Gasteiger partial charge in [-0.2, -0.15) is 0 Å². The Morgan fingerprint density at radius 2 is 0.529 bits per heavy atom. The predicted molar refractivity (Wildman–Crippen MR) is 30.2 cm³/mol. The van der Waals surface area contributed by atoms with Crippen LogP contribution >= 0.6 is 0 Å². The standard InChI is InChI=1S/4FO2Si.Zr/c4*1-4(2)3;/q4*-1;+4. The third kappa shape index (κ3) is 182000. The second kappa shape index (κ2) is 24.9. The number of rotatable bonds is 0. The van der Waals surface area contributed by atoms with Crippen LogP contribution in [0.4, 0.5) is 16.4 Å². The van der Waals surface area contributed by atoms with Crippen LogP contribution in [0.3, 0.4) is 0 Å². The molecule has 0 aromatic rings. The van der Waals surface area contributed by atoms with Gasteiger partial charge >= 0.3 is 63.2 Å². The quantitative estimate of drug-likeness (QED) is 0.219. The molecule has 0 spiro atoms. The van der Waals surface area contributed by atoms with E-state index in [4.69, 9.17) is 37.0 Å². The zero-order valence-electron chi connectivity index (χ0n) is 7.28. The summed E-state index contributed by atoms with van der Waals surface area (Å²) < 4.78 is 73.6. The van der Waals surface area contributed by atoms with Crippen LogP contribution in [0.5, 0.6) is 0 Å². The van der Waals surface area contributed by atoms with Gasteiger partial charge in [0.05, 0.1) is 0 Å². The van der Waals surface area contributed by atoms with Gasteiger partial charge in [-0.05, 0) is 0 Å². The summed E-state index contributed by atoms with van der Waals surface area (Å²) in [5.41, 5.74) is 0. The Morgan fingerprint density at radius 3 is 0.529 bits per heavy atom. The van der Waals surface area contributed by atoms with Crippen LogP contribution in [-0.2, 0) is 44.1 Å². The third-order valence-electron chi connectivity index (χ3n) is 0. The fourth-order valence-corrected chi connectivity index (χ4v) is 0. The predicted octanol–water partition coefficient (Wildman–Crippen LogP) is -5.08. The molecule has 0 saturated carbocycles. The van der Waals surface area contributed by atoms with Gasteiger partial charge in [-0.3, -0.25) is 16.4 Å². The molecule has 0 heterocycles. The topological polar surface area (TPSA) is 161 Å². The van der Waals surface area contributed by atoms with E-state index in [1.54, 1.807) is 0 Å². The molecule has 0 aliphatic heterocycles. The van der Waals surface area contributed by atoms with Crippen molar-refractivity contribution in [1.82, 2.24) is 0 Å². The molecule has 0 bridgehead atoms. The molecule has 0 aromatic heterocycles. The minimum atomic E-state index is -3.88. The van der Waals surface area contributed by atoms with Gasteiger partial charge in [0, 0.05) is 0 Å². The first-order valence-corrected chi connectivity index (χ1v) is 7.17. The van der Waals surface area contributed by atoms with E-state index in [0.29, 0.717) is 0 Å². The second-order valence-electron chi connectivity index (χ2n) is 0.951. The summed E-state index contributed by atoms with van der Waals surface area (Å²) in [6.07, 6.45) is 0. The molecule has 0 aromatic carbocycles. The van der Waals surface area contributed by atoms with Crippen molar-refractivity contribution >= 4 is 37.0 Å². The van der Waals surface area contributed by atoms with Gasteiger partial charge in [0.1, 0.15) is 0 Å². The fourth-order valence-electron chi connectivity index (χ4n) is 0. The molecule has 0 amide bonds. The largest absolute Gasteiger partial charge is 4.00 e. The maximum atomic E-state index is 9.99. The molecule has 0 aliphatic rings. The van der Waals surface area contributed by atoms with E-state index in [1.165, 1.54) is 0 Å². The minimum absolute atomic E-state index is 0. The van der Waals surface area contributed by atoms with E-state index in [-0.39, 0.29) is 26.2 Å². The molecule has 0 aliphatic carbocycles. The van der Waals surface area contributed by atoms with Crippen LogP contribution < -0.4 is 19.2 Å². The SMILES string of the molecule is O=[Si]([O-])F.O=[Si]([O-])F.O=[Si]([O-])F.O=[Si]([O-])F.[Zr+4]. The van der Waals surface area contributed by atoms with Crippen molar-refractivity contribution in [3.63, 3.8) is 0 Å². The van der Waals surface area contributed by atoms with Gasteiger partial charge in [-0.1, -0.05) is 0 Å². The zero-order chi connectivity index (χ0) is 14.3. The summed E-state index contributed by atoms with van der Waals surface area (Å²) in [6, 6.07) is 0. The molecule has 0 rings (SSSR count). The molecule has 0 unspecified atom stereocenters. The number of hydrogen-bond donors (Lipinski definition) is 0. The zero-order valence-corrected chi connectivity index (χ0v) is 13.7. The van der Waals surface area contributed by atoms with Gasteiger partial charge in [-0.15, -0.1) is 0 Å².